The van der Waals surface area contributed by atoms with Crippen molar-refractivity contribution in [2.24, 2.45) is 0 Å². The summed E-state index contributed by atoms with van der Waals surface area (Å²) in [5.74, 6) is 1.59. The zero-order valence-corrected chi connectivity index (χ0v) is 11.6. The van der Waals surface area contributed by atoms with Gasteiger partial charge in [0.05, 0.1) is 23.3 Å². The zero-order chi connectivity index (χ0) is 14.9. The summed E-state index contributed by atoms with van der Waals surface area (Å²) in [4.78, 5) is 6.26. The van der Waals surface area contributed by atoms with Crippen molar-refractivity contribution in [1.29, 1.82) is 5.26 Å². The van der Waals surface area contributed by atoms with Gasteiger partial charge in [0.1, 0.15) is 11.8 Å². The molecule has 0 spiro atoms. The molecule has 0 unspecified atom stereocenters. The Kier molecular flexibility index (Phi) is 2.77. The first-order valence-electron chi connectivity index (χ1n) is 6.89. The highest BCUT2D eigenvalue weighted by Gasteiger charge is 2.25. The molecular weight excluding hydrogens is 274 g/mol. The predicted octanol–water partition coefficient (Wildman–Crippen LogP) is 4.53. The number of hydrogen-bond acceptors (Lipinski definition) is 4. The number of fused-ring (bicyclic) bond motifs is 2. The molecule has 0 atom stereocenters. The quantitative estimate of drug-likeness (QED) is 0.515. The number of anilines is 3. The number of ether oxygens (including phenoxy) is 1. The van der Waals surface area contributed by atoms with Gasteiger partial charge in [0.15, 0.2) is 11.5 Å². The number of nitrogens with zero attached hydrogens (tertiary/aromatic N) is 3. The predicted molar refractivity (Wildman–Crippen MR) is 83.7 cm³/mol. The lowest BCUT2D eigenvalue weighted by molar-refractivity contribution is 0.477. The van der Waals surface area contributed by atoms with E-state index in [-0.39, 0.29) is 0 Å². The summed E-state index contributed by atoms with van der Waals surface area (Å²) in [5.41, 5.74) is 3.20. The lowest BCUT2D eigenvalue weighted by Gasteiger charge is -2.32. The molecule has 0 bridgehead atoms. The Morgan fingerprint density at radius 3 is 2.05 bits per heavy atom. The molecule has 2 heterocycles. The van der Waals surface area contributed by atoms with E-state index in [9.17, 15) is 0 Å². The van der Waals surface area contributed by atoms with Crippen molar-refractivity contribution in [3.8, 4) is 17.6 Å². The van der Waals surface area contributed by atoms with Gasteiger partial charge in [0.25, 0.3) is 0 Å². The van der Waals surface area contributed by atoms with Crippen LogP contribution in [0.4, 0.5) is 17.1 Å². The maximum absolute atomic E-state index is 8.91. The minimum atomic E-state index is 0.401. The Balaban J connectivity index is 1.92. The summed E-state index contributed by atoms with van der Waals surface area (Å²) in [6.45, 7) is 0. The van der Waals surface area contributed by atoms with Gasteiger partial charge < -0.3 is 9.64 Å². The molecular formula is C18H11N3O. The van der Waals surface area contributed by atoms with Crippen LogP contribution in [0.3, 0.4) is 0 Å². The fraction of sp³-hybridized carbons (Fsp3) is 0. The van der Waals surface area contributed by atoms with Gasteiger partial charge in [-0.15, -0.1) is 0 Å². The molecule has 1 aliphatic heterocycles. The Morgan fingerprint density at radius 1 is 0.864 bits per heavy atom. The molecule has 0 radical (unpaired) electrons. The normalized spacial score (nSPS) is 11.9. The molecule has 4 rings (SSSR count). The first-order chi connectivity index (χ1) is 10.9. The second kappa shape index (κ2) is 4.90. The molecule has 104 valence electrons. The molecule has 4 heteroatoms. The Labute approximate surface area is 127 Å². The van der Waals surface area contributed by atoms with Crippen molar-refractivity contribution >= 4 is 17.1 Å². The van der Waals surface area contributed by atoms with Gasteiger partial charge in [0.2, 0.25) is 0 Å². The van der Waals surface area contributed by atoms with Crippen molar-refractivity contribution < 1.29 is 4.74 Å². The molecule has 1 aliphatic rings. The summed E-state index contributed by atoms with van der Waals surface area (Å²) in [6, 6.07) is 21.4. The lowest BCUT2D eigenvalue weighted by atomic mass is 10.1. The zero-order valence-electron chi connectivity index (χ0n) is 11.6. The third-order valence-electron chi connectivity index (χ3n) is 3.55. The van der Waals surface area contributed by atoms with Crippen LogP contribution in [0.5, 0.6) is 11.5 Å². The van der Waals surface area contributed by atoms with Crippen LogP contribution in [0.1, 0.15) is 5.69 Å². The lowest BCUT2D eigenvalue weighted by Crippen LogP contribution is -2.15. The SMILES string of the molecule is N#Cc1ccc(N2c3ccccc3Oc3ccccc32)cn1. The van der Waals surface area contributed by atoms with Gasteiger partial charge in [-0.2, -0.15) is 5.26 Å². The summed E-state index contributed by atoms with van der Waals surface area (Å²) in [7, 11) is 0. The van der Waals surface area contributed by atoms with E-state index in [4.69, 9.17) is 10.00 Å². The highest BCUT2D eigenvalue weighted by molar-refractivity contribution is 5.85. The minimum Gasteiger partial charge on any atom is -0.453 e. The first-order valence-corrected chi connectivity index (χ1v) is 6.89. The van der Waals surface area contributed by atoms with E-state index in [0.717, 1.165) is 28.6 Å². The minimum absolute atomic E-state index is 0.401. The first kappa shape index (κ1) is 12.4. The largest absolute Gasteiger partial charge is 0.453 e. The van der Waals surface area contributed by atoms with Crippen molar-refractivity contribution in [1.82, 2.24) is 4.98 Å². The Bertz CT molecular complexity index is 836. The number of rotatable bonds is 1. The van der Waals surface area contributed by atoms with Crippen molar-refractivity contribution in [3.63, 3.8) is 0 Å². The topological polar surface area (TPSA) is 49.2 Å². The molecule has 4 nitrogen and oxygen atoms in total. The molecule has 1 aromatic heterocycles. The number of nitriles is 1. The van der Waals surface area contributed by atoms with Gasteiger partial charge in [-0.05, 0) is 36.4 Å². The van der Waals surface area contributed by atoms with Crippen LogP contribution < -0.4 is 9.64 Å². The third kappa shape index (κ3) is 1.88. The highest BCUT2D eigenvalue weighted by Crippen LogP contribution is 2.49. The van der Waals surface area contributed by atoms with E-state index < -0.39 is 0 Å². The van der Waals surface area contributed by atoms with Gasteiger partial charge >= 0.3 is 0 Å². The average molecular weight is 285 g/mol. The highest BCUT2D eigenvalue weighted by atomic mass is 16.5. The fourth-order valence-electron chi connectivity index (χ4n) is 2.57. The van der Waals surface area contributed by atoms with E-state index >= 15 is 0 Å². The number of para-hydroxylation sites is 4. The summed E-state index contributed by atoms with van der Waals surface area (Å²) in [5, 5.41) is 8.91. The summed E-state index contributed by atoms with van der Waals surface area (Å²) < 4.78 is 5.96. The van der Waals surface area contributed by atoms with Gasteiger partial charge in [-0.1, -0.05) is 24.3 Å². The van der Waals surface area contributed by atoms with E-state index in [1.807, 2.05) is 60.7 Å². The average Bonchev–Trinajstić information content (AvgIpc) is 2.60. The Hall–Kier alpha value is -3.32. The van der Waals surface area contributed by atoms with E-state index in [1.165, 1.54) is 0 Å². The second-order valence-electron chi connectivity index (χ2n) is 4.89. The molecule has 0 amide bonds. The van der Waals surface area contributed by atoms with E-state index in [2.05, 4.69) is 9.88 Å². The molecule has 2 aromatic carbocycles. The summed E-state index contributed by atoms with van der Waals surface area (Å²) in [6.07, 6.45) is 1.71. The van der Waals surface area contributed by atoms with Crippen molar-refractivity contribution in [2.45, 2.75) is 0 Å². The monoisotopic (exact) mass is 285 g/mol. The van der Waals surface area contributed by atoms with Crippen LogP contribution in [-0.4, -0.2) is 4.98 Å². The van der Waals surface area contributed by atoms with E-state index in [0.29, 0.717) is 5.69 Å². The molecule has 22 heavy (non-hydrogen) atoms. The second-order valence-corrected chi connectivity index (χ2v) is 4.89. The molecule has 0 saturated carbocycles. The number of benzene rings is 2. The molecule has 0 N–H and O–H groups in total. The van der Waals surface area contributed by atoms with Crippen LogP contribution in [0.15, 0.2) is 66.9 Å². The maximum Gasteiger partial charge on any atom is 0.151 e. The van der Waals surface area contributed by atoms with Gasteiger partial charge in [-0.25, -0.2) is 4.98 Å². The third-order valence-corrected chi connectivity index (χ3v) is 3.55. The maximum atomic E-state index is 8.91. The molecule has 0 fully saturated rings. The van der Waals surface area contributed by atoms with Crippen molar-refractivity contribution in [3.05, 3.63) is 72.6 Å². The van der Waals surface area contributed by atoms with Crippen LogP contribution >= 0.6 is 0 Å². The van der Waals surface area contributed by atoms with Crippen LogP contribution in [-0.2, 0) is 0 Å². The van der Waals surface area contributed by atoms with Gasteiger partial charge in [-0.3, -0.25) is 0 Å². The molecule has 0 saturated heterocycles. The number of aromatic nitrogens is 1. The van der Waals surface area contributed by atoms with E-state index in [1.54, 1.807) is 12.3 Å². The van der Waals surface area contributed by atoms with Crippen molar-refractivity contribution in [2.75, 3.05) is 4.90 Å². The standard InChI is InChI=1S/C18H11N3O/c19-11-13-9-10-14(12-20-13)21-15-5-1-3-7-17(15)22-18-8-4-2-6-16(18)21/h1-10,12H. The van der Waals surface area contributed by atoms with Crippen LogP contribution in [0.25, 0.3) is 0 Å². The Morgan fingerprint density at radius 2 is 1.50 bits per heavy atom. The molecule has 3 aromatic rings. The fourth-order valence-corrected chi connectivity index (χ4v) is 2.57. The smallest absolute Gasteiger partial charge is 0.151 e. The molecule has 0 aliphatic carbocycles. The summed E-state index contributed by atoms with van der Waals surface area (Å²) >= 11 is 0. The van der Waals surface area contributed by atoms with Gasteiger partial charge in [0, 0.05) is 0 Å². The number of pyridine rings is 1. The van der Waals surface area contributed by atoms with Crippen LogP contribution in [0.2, 0.25) is 0 Å². The number of hydrogen-bond donors (Lipinski definition) is 0. The van der Waals surface area contributed by atoms with Crippen LogP contribution in [0, 0.1) is 11.3 Å².